The fourth-order valence-corrected chi connectivity index (χ4v) is 2.36. The molecule has 1 fully saturated rings. The lowest BCUT2D eigenvalue weighted by atomic mass is 10.1. The third-order valence-corrected chi connectivity index (χ3v) is 3.47. The van der Waals surface area contributed by atoms with Crippen LogP contribution in [-0.2, 0) is 14.7 Å². The minimum atomic E-state index is -0.570. The second-order valence-corrected chi connectivity index (χ2v) is 4.50. The molecule has 80 valence electrons. The van der Waals surface area contributed by atoms with E-state index in [0.29, 0.717) is 6.61 Å². The molecule has 1 saturated heterocycles. The van der Waals surface area contributed by atoms with Gasteiger partial charge in [-0.05, 0) is 6.07 Å². The highest BCUT2D eigenvalue weighted by Crippen LogP contribution is 2.47. The second kappa shape index (κ2) is 4.26. The number of phenolic OH excluding ortho intramolecular Hbond substituents is 1. The molecule has 1 aromatic rings. The molecule has 3 nitrogen and oxygen atoms in total. The van der Waals surface area contributed by atoms with Crippen LogP contribution in [0.3, 0.4) is 0 Å². The van der Waals surface area contributed by atoms with Crippen LogP contribution in [0.5, 0.6) is 5.75 Å². The van der Waals surface area contributed by atoms with Crippen molar-refractivity contribution in [1.29, 1.82) is 0 Å². The standard InChI is InChI=1S/C11H12O3S/c1-2-7-15-11(8-13-14-11)9-5-3-4-6-10(9)12/h2-6,12H,1,7-8H2. The maximum Gasteiger partial charge on any atom is 0.204 e. The molecular formula is C11H12O3S. The van der Waals surface area contributed by atoms with Crippen LogP contribution in [0, 0.1) is 0 Å². The van der Waals surface area contributed by atoms with Gasteiger partial charge in [0, 0.05) is 11.3 Å². The number of aromatic hydroxyl groups is 1. The third kappa shape index (κ3) is 1.88. The van der Waals surface area contributed by atoms with E-state index in [1.54, 1.807) is 30.0 Å². The van der Waals surface area contributed by atoms with Crippen LogP contribution in [0.25, 0.3) is 0 Å². The van der Waals surface area contributed by atoms with Crippen molar-refractivity contribution in [3.63, 3.8) is 0 Å². The summed E-state index contributed by atoms with van der Waals surface area (Å²) in [6, 6.07) is 7.14. The molecule has 1 unspecified atom stereocenters. The number of phenols is 1. The van der Waals surface area contributed by atoms with Gasteiger partial charge in [-0.2, -0.15) is 0 Å². The lowest BCUT2D eigenvalue weighted by Gasteiger charge is -2.39. The quantitative estimate of drug-likeness (QED) is 0.629. The molecule has 1 atom stereocenters. The zero-order valence-corrected chi connectivity index (χ0v) is 9.00. The Morgan fingerprint density at radius 2 is 2.27 bits per heavy atom. The summed E-state index contributed by atoms with van der Waals surface area (Å²) in [6.07, 6.45) is 1.80. The monoisotopic (exact) mass is 224 g/mol. The van der Waals surface area contributed by atoms with Crippen molar-refractivity contribution in [1.82, 2.24) is 0 Å². The summed E-state index contributed by atoms with van der Waals surface area (Å²) >= 11 is 1.55. The van der Waals surface area contributed by atoms with Gasteiger partial charge in [-0.25, -0.2) is 9.78 Å². The highest BCUT2D eigenvalue weighted by molar-refractivity contribution is 8.00. The lowest BCUT2D eigenvalue weighted by Crippen LogP contribution is -2.41. The molecule has 4 heteroatoms. The molecule has 0 radical (unpaired) electrons. The number of benzene rings is 1. The minimum absolute atomic E-state index is 0.234. The lowest BCUT2D eigenvalue weighted by molar-refractivity contribution is -0.446. The summed E-state index contributed by atoms with van der Waals surface area (Å²) in [4.78, 5) is 9.35. The Morgan fingerprint density at radius 3 is 2.80 bits per heavy atom. The predicted molar refractivity (Wildman–Crippen MR) is 59.5 cm³/mol. The molecule has 0 saturated carbocycles. The first kappa shape index (κ1) is 10.5. The summed E-state index contributed by atoms with van der Waals surface area (Å²) in [5.74, 6) is 0.981. The molecule has 0 aliphatic carbocycles. The van der Waals surface area contributed by atoms with Crippen LogP contribution in [0.4, 0.5) is 0 Å². The van der Waals surface area contributed by atoms with Gasteiger partial charge < -0.3 is 5.11 Å². The normalized spacial score (nSPS) is 24.5. The van der Waals surface area contributed by atoms with E-state index < -0.39 is 4.93 Å². The van der Waals surface area contributed by atoms with Crippen LogP contribution >= 0.6 is 11.8 Å². The molecule has 0 spiro atoms. The Balaban J connectivity index is 2.26. The van der Waals surface area contributed by atoms with E-state index in [4.69, 9.17) is 9.78 Å². The van der Waals surface area contributed by atoms with Gasteiger partial charge in [-0.1, -0.05) is 24.3 Å². The maximum absolute atomic E-state index is 9.74. The molecule has 1 aromatic carbocycles. The summed E-state index contributed by atoms with van der Waals surface area (Å²) < 4.78 is 0. The summed E-state index contributed by atoms with van der Waals surface area (Å²) in [5.41, 5.74) is 0.753. The Kier molecular flexibility index (Phi) is 3.00. The van der Waals surface area contributed by atoms with Crippen LogP contribution < -0.4 is 0 Å². The van der Waals surface area contributed by atoms with Gasteiger partial charge in [0.1, 0.15) is 12.4 Å². The summed E-state index contributed by atoms with van der Waals surface area (Å²) in [7, 11) is 0. The Morgan fingerprint density at radius 1 is 1.53 bits per heavy atom. The van der Waals surface area contributed by atoms with Crippen LogP contribution in [0.2, 0.25) is 0 Å². The maximum atomic E-state index is 9.74. The van der Waals surface area contributed by atoms with Crippen molar-refractivity contribution in [3.8, 4) is 5.75 Å². The molecule has 1 heterocycles. The Bertz CT molecular complexity index is 361. The van der Waals surface area contributed by atoms with E-state index in [2.05, 4.69) is 6.58 Å². The number of thioether (sulfide) groups is 1. The molecule has 0 aromatic heterocycles. The van der Waals surface area contributed by atoms with Crippen LogP contribution in [-0.4, -0.2) is 17.5 Å². The summed E-state index contributed by atoms with van der Waals surface area (Å²) in [5, 5.41) is 9.74. The third-order valence-electron chi connectivity index (χ3n) is 2.19. The van der Waals surface area contributed by atoms with Crippen molar-refractivity contribution in [2.75, 3.05) is 12.4 Å². The molecule has 0 bridgehead atoms. The first-order valence-corrected chi connectivity index (χ1v) is 5.61. The molecule has 15 heavy (non-hydrogen) atoms. The predicted octanol–water partition coefficient (Wildman–Crippen LogP) is 2.43. The topological polar surface area (TPSA) is 38.7 Å². The van der Waals surface area contributed by atoms with Crippen molar-refractivity contribution < 1.29 is 14.9 Å². The van der Waals surface area contributed by atoms with Crippen LogP contribution in [0.15, 0.2) is 36.9 Å². The highest BCUT2D eigenvalue weighted by atomic mass is 32.2. The van der Waals surface area contributed by atoms with Crippen molar-refractivity contribution in [3.05, 3.63) is 42.5 Å². The smallest absolute Gasteiger partial charge is 0.204 e. The van der Waals surface area contributed by atoms with E-state index in [1.807, 2.05) is 12.1 Å². The van der Waals surface area contributed by atoms with Crippen molar-refractivity contribution in [2.24, 2.45) is 0 Å². The van der Waals surface area contributed by atoms with Gasteiger partial charge in [0.15, 0.2) is 0 Å². The van der Waals surface area contributed by atoms with E-state index >= 15 is 0 Å². The minimum Gasteiger partial charge on any atom is -0.508 e. The zero-order valence-electron chi connectivity index (χ0n) is 8.18. The first-order chi connectivity index (χ1) is 7.28. The Hall–Kier alpha value is -0.970. The van der Waals surface area contributed by atoms with E-state index in [1.165, 1.54) is 0 Å². The van der Waals surface area contributed by atoms with Gasteiger partial charge >= 0.3 is 0 Å². The molecule has 1 N–H and O–H groups in total. The SMILES string of the molecule is C=CCSC1(c2ccccc2O)COO1. The highest BCUT2D eigenvalue weighted by Gasteiger charge is 2.45. The first-order valence-electron chi connectivity index (χ1n) is 4.62. The van der Waals surface area contributed by atoms with Gasteiger partial charge in [-0.3, -0.25) is 0 Å². The zero-order chi connectivity index (χ0) is 10.7. The largest absolute Gasteiger partial charge is 0.508 e. The van der Waals surface area contributed by atoms with E-state index in [0.717, 1.165) is 11.3 Å². The van der Waals surface area contributed by atoms with Crippen molar-refractivity contribution >= 4 is 11.8 Å². The summed E-state index contributed by atoms with van der Waals surface area (Å²) in [6.45, 7) is 4.11. The van der Waals surface area contributed by atoms with Crippen LogP contribution in [0.1, 0.15) is 5.56 Å². The average Bonchev–Trinajstić information content (AvgIpc) is 2.19. The molecule has 1 aliphatic rings. The molecule has 2 rings (SSSR count). The molecule has 1 aliphatic heterocycles. The van der Waals surface area contributed by atoms with Crippen molar-refractivity contribution in [2.45, 2.75) is 4.93 Å². The van der Waals surface area contributed by atoms with Gasteiger partial charge in [0.25, 0.3) is 0 Å². The Labute approximate surface area is 92.6 Å². The van der Waals surface area contributed by atoms with Gasteiger partial charge in [-0.15, -0.1) is 18.3 Å². The number of para-hydroxylation sites is 1. The van der Waals surface area contributed by atoms with E-state index in [9.17, 15) is 5.11 Å². The van der Waals surface area contributed by atoms with Gasteiger partial charge in [0.2, 0.25) is 4.93 Å². The fraction of sp³-hybridized carbons (Fsp3) is 0.273. The fourth-order valence-electron chi connectivity index (χ4n) is 1.42. The average molecular weight is 224 g/mol. The van der Waals surface area contributed by atoms with E-state index in [-0.39, 0.29) is 5.75 Å². The molecular weight excluding hydrogens is 212 g/mol. The molecule has 0 amide bonds. The number of hydrogen-bond acceptors (Lipinski definition) is 4. The van der Waals surface area contributed by atoms with Gasteiger partial charge in [0.05, 0.1) is 0 Å². The second-order valence-electron chi connectivity index (χ2n) is 3.22. The number of hydrogen-bond donors (Lipinski definition) is 1. The number of rotatable bonds is 4.